The molecule has 2 rings (SSSR count). The van der Waals surface area contributed by atoms with E-state index in [9.17, 15) is 4.79 Å². The lowest BCUT2D eigenvalue weighted by Crippen LogP contribution is -2.41. The summed E-state index contributed by atoms with van der Waals surface area (Å²) in [6.07, 6.45) is 0. The van der Waals surface area contributed by atoms with E-state index >= 15 is 0 Å². The molecule has 0 radical (unpaired) electrons. The molecule has 0 aromatic heterocycles. The Morgan fingerprint density at radius 1 is 1.00 bits per heavy atom. The number of amides is 1. The predicted octanol–water partition coefficient (Wildman–Crippen LogP) is 4.65. The molecule has 0 saturated heterocycles. The maximum atomic E-state index is 12.4. The van der Waals surface area contributed by atoms with Crippen LogP contribution in [0.4, 0.5) is 5.69 Å². The highest BCUT2D eigenvalue weighted by atomic mass is 35.5. The average Bonchev–Trinajstić information content (AvgIpc) is 2.52. The van der Waals surface area contributed by atoms with Gasteiger partial charge in [0.05, 0.1) is 6.04 Å². The lowest BCUT2D eigenvalue weighted by Gasteiger charge is -2.26. The van der Waals surface area contributed by atoms with Crippen molar-refractivity contribution in [1.29, 1.82) is 0 Å². The molecule has 1 amide bonds. The molecule has 2 atom stereocenters. The Labute approximate surface area is 143 Å². The second-order valence-corrected chi connectivity index (χ2v) is 6.46. The van der Waals surface area contributed by atoms with Gasteiger partial charge < -0.3 is 5.32 Å². The van der Waals surface area contributed by atoms with Crippen molar-refractivity contribution in [2.75, 3.05) is 5.32 Å². The van der Waals surface area contributed by atoms with Gasteiger partial charge in [-0.2, -0.15) is 0 Å². The SMILES string of the molecule is CC(C)[C@@H](N[C@H](C)C(=O)Nc1cccc(Cl)c1)c1ccccc1. The number of rotatable bonds is 6. The molecule has 23 heavy (non-hydrogen) atoms. The Balaban J connectivity index is 2.03. The summed E-state index contributed by atoms with van der Waals surface area (Å²) in [6.45, 7) is 6.16. The van der Waals surface area contributed by atoms with Gasteiger partial charge in [0.1, 0.15) is 0 Å². The van der Waals surface area contributed by atoms with E-state index in [4.69, 9.17) is 11.6 Å². The Bertz CT molecular complexity index is 643. The summed E-state index contributed by atoms with van der Waals surface area (Å²) in [5.41, 5.74) is 1.89. The van der Waals surface area contributed by atoms with Crippen molar-refractivity contribution in [3.05, 3.63) is 65.2 Å². The Hall–Kier alpha value is -1.84. The van der Waals surface area contributed by atoms with Crippen LogP contribution in [0.15, 0.2) is 54.6 Å². The van der Waals surface area contributed by atoms with Crippen molar-refractivity contribution in [2.24, 2.45) is 5.92 Å². The molecule has 0 fully saturated rings. The molecule has 4 heteroatoms. The fourth-order valence-electron chi connectivity index (χ4n) is 2.50. The van der Waals surface area contributed by atoms with Crippen LogP contribution < -0.4 is 10.6 Å². The molecule has 0 bridgehead atoms. The van der Waals surface area contributed by atoms with Crippen LogP contribution in [0.3, 0.4) is 0 Å². The lowest BCUT2D eigenvalue weighted by atomic mass is 9.95. The van der Waals surface area contributed by atoms with Gasteiger partial charge in [-0.25, -0.2) is 0 Å². The zero-order valence-electron chi connectivity index (χ0n) is 13.7. The minimum absolute atomic E-state index is 0.0751. The van der Waals surface area contributed by atoms with Gasteiger partial charge in [-0.1, -0.05) is 61.8 Å². The normalized spacial score (nSPS) is 13.6. The zero-order chi connectivity index (χ0) is 16.8. The van der Waals surface area contributed by atoms with E-state index in [0.717, 1.165) is 0 Å². The molecule has 0 unspecified atom stereocenters. The summed E-state index contributed by atoms with van der Waals surface area (Å²) < 4.78 is 0. The summed E-state index contributed by atoms with van der Waals surface area (Å²) >= 11 is 5.95. The van der Waals surface area contributed by atoms with E-state index < -0.39 is 0 Å². The topological polar surface area (TPSA) is 41.1 Å². The molecule has 0 aliphatic heterocycles. The summed E-state index contributed by atoms with van der Waals surface area (Å²) in [5.74, 6) is 0.299. The lowest BCUT2D eigenvalue weighted by molar-refractivity contribution is -0.118. The second kappa shape index (κ2) is 8.14. The molecule has 0 aliphatic carbocycles. The first-order valence-corrected chi connectivity index (χ1v) is 8.22. The summed E-state index contributed by atoms with van der Waals surface area (Å²) in [4.78, 5) is 12.4. The Kier molecular flexibility index (Phi) is 6.20. The van der Waals surface area contributed by atoms with Gasteiger partial charge in [-0.05, 0) is 36.6 Å². The first kappa shape index (κ1) is 17.5. The van der Waals surface area contributed by atoms with Crippen LogP contribution in [-0.4, -0.2) is 11.9 Å². The fraction of sp³-hybridized carbons (Fsp3) is 0.316. The van der Waals surface area contributed by atoms with E-state index in [-0.39, 0.29) is 18.0 Å². The van der Waals surface area contributed by atoms with Gasteiger partial charge in [-0.15, -0.1) is 0 Å². The standard InChI is InChI=1S/C19H23ClN2O/c1-13(2)18(15-8-5-4-6-9-15)21-14(3)19(23)22-17-11-7-10-16(20)12-17/h4-14,18,21H,1-3H3,(H,22,23)/t14-,18-/m1/s1. The quantitative estimate of drug-likeness (QED) is 0.809. The highest BCUT2D eigenvalue weighted by molar-refractivity contribution is 6.30. The minimum Gasteiger partial charge on any atom is -0.325 e. The highest BCUT2D eigenvalue weighted by Crippen LogP contribution is 2.22. The number of hydrogen-bond acceptors (Lipinski definition) is 2. The molecular weight excluding hydrogens is 308 g/mol. The molecule has 0 spiro atoms. The van der Waals surface area contributed by atoms with E-state index in [1.54, 1.807) is 12.1 Å². The van der Waals surface area contributed by atoms with Crippen LogP contribution in [0.2, 0.25) is 5.02 Å². The maximum Gasteiger partial charge on any atom is 0.241 e. The molecule has 122 valence electrons. The van der Waals surface area contributed by atoms with E-state index in [1.165, 1.54) is 5.56 Å². The third kappa shape index (κ3) is 5.08. The Morgan fingerprint density at radius 3 is 2.30 bits per heavy atom. The number of hydrogen-bond donors (Lipinski definition) is 2. The van der Waals surface area contributed by atoms with Crippen LogP contribution in [0.1, 0.15) is 32.4 Å². The van der Waals surface area contributed by atoms with Crippen molar-refractivity contribution in [3.8, 4) is 0 Å². The van der Waals surface area contributed by atoms with Crippen molar-refractivity contribution in [3.63, 3.8) is 0 Å². The first-order chi connectivity index (χ1) is 11.0. The summed E-state index contributed by atoms with van der Waals surface area (Å²) in [7, 11) is 0. The van der Waals surface area contributed by atoms with E-state index in [0.29, 0.717) is 16.6 Å². The molecule has 2 N–H and O–H groups in total. The monoisotopic (exact) mass is 330 g/mol. The van der Waals surface area contributed by atoms with Crippen LogP contribution in [0.25, 0.3) is 0 Å². The van der Waals surface area contributed by atoms with Crippen LogP contribution in [0.5, 0.6) is 0 Å². The number of carbonyl (C=O) groups excluding carboxylic acids is 1. The molecule has 2 aromatic rings. The average molecular weight is 331 g/mol. The number of nitrogens with one attached hydrogen (secondary N) is 2. The number of benzene rings is 2. The van der Waals surface area contributed by atoms with Crippen LogP contribution in [0, 0.1) is 5.92 Å². The van der Waals surface area contributed by atoms with E-state index in [1.807, 2.05) is 37.3 Å². The van der Waals surface area contributed by atoms with Gasteiger partial charge in [0.25, 0.3) is 0 Å². The Morgan fingerprint density at radius 2 is 1.70 bits per heavy atom. The largest absolute Gasteiger partial charge is 0.325 e. The maximum absolute atomic E-state index is 12.4. The van der Waals surface area contributed by atoms with Gasteiger partial charge in [-0.3, -0.25) is 10.1 Å². The predicted molar refractivity (Wildman–Crippen MR) is 96.7 cm³/mol. The highest BCUT2D eigenvalue weighted by Gasteiger charge is 2.21. The number of carbonyl (C=O) groups is 1. The van der Waals surface area contributed by atoms with Crippen molar-refractivity contribution < 1.29 is 4.79 Å². The van der Waals surface area contributed by atoms with Gasteiger partial charge in [0.15, 0.2) is 0 Å². The molecule has 0 aliphatic rings. The summed E-state index contributed by atoms with van der Waals surface area (Å²) in [6, 6.07) is 17.2. The molecule has 3 nitrogen and oxygen atoms in total. The van der Waals surface area contributed by atoms with E-state index in [2.05, 4.69) is 36.6 Å². The van der Waals surface area contributed by atoms with Gasteiger partial charge >= 0.3 is 0 Å². The third-order valence-corrected chi connectivity index (χ3v) is 3.98. The van der Waals surface area contributed by atoms with Gasteiger partial charge in [0.2, 0.25) is 5.91 Å². The molecule has 0 heterocycles. The molecular formula is C19H23ClN2O. The van der Waals surface area contributed by atoms with Crippen LogP contribution in [-0.2, 0) is 4.79 Å². The van der Waals surface area contributed by atoms with Gasteiger partial charge in [0, 0.05) is 16.8 Å². The minimum atomic E-state index is -0.318. The molecule has 2 aromatic carbocycles. The third-order valence-electron chi connectivity index (χ3n) is 3.74. The number of anilines is 1. The fourth-order valence-corrected chi connectivity index (χ4v) is 2.69. The smallest absolute Gasteiger partial charge is 0.241 e. The van der Waals surface area contributed by atoms with Crippen molar-refractivity contribution in [2.45, 2.75) is 32.9 Å². The van der Waals surface area contributed by atoms with Crippen molar-refractivity contribution in [1.82, 2.24) is 5.32 Å². The number of halogens is 1. The van der Waals surface area contributed by atoms with Crippen LogP contribution >= 0.6 is 11.6 Å². The first-order valence-electron chi connectivity index (χ1n) is 7.85. The summed E-state index contributed by atoms with van der Waals surface area (Å²) in [5, 5.41) is 6.92. The second-order valence-electron chi connectivity index (χ2n) is 6.02. The zero-order valence-corrected chi connectivity index (χ0v) is 14.5. The van der Waals surface area contributed by atoms with Crippen molar-refractivity contribution >= 4 is 23.2 Å². The molecule has 0 saturated carbocycles.